The minimum absolute atomic E-state index is 0. The van der Waals surface area contributed by atoms with E-state index in [0.29, 0.717) is 0 Å². The SMILES string of the molecule is CC(C)c1cc(-c2ccccc2)cc(C(C)C)c1-n1c(-c2[c-]ccc3c2oc2cc(-c4ccnc(C(C)(C)C)n4)ccc23)nc2ccccc21.C[Si](C)(C)c1ccc(-c2[c-]cccc2)nc1.[Ir]. The molecule has 0 bridgehead atoms. The summed E-state index contributed by atoms with van der Waals surface area (Å²) in [6.07, 6.45) is 3.86. The number of benzene rings is 6. The van der Waals surface area contributed by atoms with Gasteiger partial charge in [0.25, 0.3) is 0 Å². The number of para-hydroxylation sites is 2. The molecule has 8 heteroatoms. The molecule has 6 nitrogen and oxygen atoms in total. The monoisotopic (exact) mass is 1070 g/mol. The number of fused-ring (bicyclic) bond motifs is 4. The predicted molar refractivity (Wildman–Crippen MR) is 277 cm³/mol. The molecule has 0 saturated carbocycles. The number of aromatic nitrogens is 5. The Bertz CT molecular complexity index is 3300. The molecule has 10 aromatic rings. The Labute approximate surface area is 410 Å². The van der Waals surface area contributed by atoms with E-state index >= 15 is 0 Å². The van der Waals surface area contributed by atoms with Crippen LogP contribution in [-0.2, 0) is 25.5 Å². The van der Waals surface area contributed by atoms with Gasteiger partial charge in [0.1, 0.15) is 11.4 Å². The molecule has 0 fully saturated rings. The molecule has 10 rings (SSSR count). The first kappa shape index (κ1) is 47.2. The maximum Gasteiger partial charge on any atom is 0.134 e. The molecule has 6 aromatic carbocycles. The van der Waals surface area contributed by atoms with Crippen LogP contribution in [0.3, 0.4) is 0 Å². The van der Waals surface area contributed by atoms with Gasteiger partial charge in [-0.1, -0.05) is 146 Å². The van der Waals surface area contributed by atoms with Crippen LogP contribution in [-0.4, -0.2) is 32.6 Å². The summed E-state index contributed by atoms with van der Waals surface area (Å²) in [5.41, 5.74) is 14.4. The zero-order chi connectivity index (χ0) is 46.3. The number of hydrogen-bond donors (Lipinski definition) is 0. The van der Waals surface area contributed by atoms with E-state index in [1.165, 1.54) is 33.1 Å². The van der Waals surface area contributed by atoms with Gasteiger partial charge in [0.2, 0.25) is 0 Å². The van der Waals surface area contributed by atoms with Crippen LogP contribution in [0.1, 0.15) is 77.3 Å². The van der Waals surface area contributed by atoms with Crippen molar-refractivity contribution < 1.29 is 24.5 Å². The molecule has 0 amide bonds. The smallest absolute Gasteiger partial charge is 0.134 e. The standard InChI is InChI=1S/C45H41N4O.C14H16NSi.Ir/c1-27(2)35-24-31(29-14-9-8-10-15-29)25-36(28(3)4)41(35)49-39-19-12-11-18-38(39)47-43(49)34-17-13-16-33-32-21-20-30(26-40(32)50-42(33)34)37-22-23-46-44(48-37)45(5,6)7;1-16(2,3)13-9-10-14(15-11-13)12-7-5-4-6-8-12;/h8-16,18-28H,1-7H3;4-7,9-11H,1-3H3;/q2*-1;. The molecule has 339 valence electrons. The van der Waals surface area contributed by atoms with Crippen molar-refractivity contribution in [3.05, 3.63) is 181 Å². The number of nitrogens with zero attached hydrogens (tertiary/aromatic N) is 5. The van der Waals surface area contributed by atoms with Crippen molar-refractivity contribution in [2.45, 2.75) is 85.4 Å². The third-order valence-corrected chi connectivity index (χ3v) is 14.2. The van der Waals surface area contributed by atoms with Crippen LogP contribution in [0.2, 0.25) is 19.6 Å². The van der Waals surface area contributed by atoms with Gasteiger partial charge in [-0.15, -0.1) is 54.1 Å². The second kappa shape index (κ2) is 19.1. The van der Waals surface area contributed by atoms with E-state index in [0.717, 1.165) is 72.7 Å². The Morgan fingerprint density at radius 2 is 1.34 bits per heavy atom. The predicted octanol–water partition coefficient (Wildman–Crippen LogP) is 15.2. The van der Waals surface area contributed by atoms with Crippen LogP contribution in [0, 0.1) is 12.1 Å². The fourth-order valence-corrected chi connectivity index (χ4v) is 9.57. The van der Waals surface area contributed by atoms with E-state index in [4.69, 9.17) is 14.4 Å². The molecule has 67 heavy (non-hydrogen) atoms. The van der Waals surface area contributed by atoms with Crippen LogP contribution in [0.4, 0.5) is 0 Å². The van der Waals surface area contributed by atoms with Crippen LogP contribution >= 0.6 is 0 Å². The molecule has 0 aliphatic rings. The third-order valence-electron chi connectivity index (χ3n) is 12.2. The molecule has 4 aromatic heterocycles. The van der Waals surface area contributed by atoms with E-state index in [-0.39, 0.29) is 37.4 Å². The average Bonchev–Trinajstić information content (AvgIpc) is 3.90. The van der Waals surface area contributed by atoms with Gasteiger partial charge >= 0.3 is 0 Å². The number of hydrogen-bond acceptors (Lipinski definition) is 5. The fraction of sp³-hybridized carbons (Fsp3) is 0.220. The first-order chi connectivity index (χ1) is 31.7. The van der Waals surface area contributed by atoms with Gasteiger partial charge in [-0.05, 0) is 81.4 Å². The number of furan rings is 1. The van der Waals surface area contributed by atoms with Crippen LogP contribution in [0.5, 0.6) is 0 Å². The molecule has 0 atom stereocenters. The van der Waals surface area contributed by atoms with Gasteiger partial charge in [-0.2, -0.15) is 0 Å². The Morgan fingerprint density at radius 1 is 0.627 bits per heavy atom. The second-order valence-electron chi connectivity index (χ2n) is 19.8. The molecular formula is C59H57IrN5OSi-2. The topological polar surface area (TPSA) is 69.6 Å². The summed E-state index contributed by atoms with van der Waals surface area (Å²) < 4.78 is 9.14. The maximum absolute atomic E-state index is 6.79. The van der Waals surface area contributed by atoms with Crippen molar-refractivity contribution in [3.63, 3.8) is 0 Å². The zero-order valence-electron chi connectivity index (χ0n) is 40.1. The normalized spacial score (nSPS) is 11.9. The Hall–Kier alpha value is -6.31. The minimum atomic E-state index is -1.23. The summed E-state index contributed by atoms with van der Waals surface area (Å²) >= 11 is 0. The number of imidazole rings is 1. The Morgan fingerprint density at radius 3 is 2.00 bits per heavy atom. The van der Waals surface area contributed by atoms with Crippen molar-refractivity contribution >= 4 is 46.2 Å². The summed E-state index contributed by atoms with van der Waals surface area (Å²) in [5, 5.41) is 3.47. The first-order valence-corrected chi connectivity index (χ1v) is 26.5. The van der Waals surface area contributed by atoms with Crippen molar-refractivity contribution in [3.8, 4) is 50.7 Å². The molecular weight excluding hydrogens is 1010 g/mol. The molecule has 0 N–H and O–H groups in total. The van der Waals surface area contributed by atoms with Gasteiger partial charge in [-0.3, -0.25) is 4.98 Å². The average molecular weight is 1070 g/mol. The fourth-order valence-electron chi connectivity index (χ4n) is 8.53. The van der Waals surface area contributed by atoms with Crippen LogP contribution in [0.25, 0.3) is 83.7 Å². The summed E-state index contributed by atoms with van der Waals surface area (Å²) in [6, 6.07) is 55.2. The van der Waals surface area contributed by atoms with Crippen molar-refractivity contribution in [1.29, 1.82) is 0 Å². The Kier molecular flexibility index (Phi) is 13.5. The molecule has 0 aliphatic carbocycles. The number of pyridine rings is 1. The van der Waals surface area contributed by atoms with Gasteiger partial charge in [0.15, 0.2) is 0 Å². The minimum Gasteiger partial charge on any atom is -0.501 e. The Balaban J connectivity index is 0.000000303. The van der Waals surface area contributed by atoms with E-state index < -0.39 is 8.07 Å². The number of rotatable bonds is 8. The van der Waals surface area contributed by atoms with Crippen molar-refractivity contribution in [2.24, 2.45) is 0 Å². The van der Waals surface area contributed by atoms with Gasteiger partial charge in [-0.25, -0.2) is 9.97 Å². The summed E-state index contributed by atoms with van der Waals surface area (Å²) in [7, 11) is -1.23. The molecule has 0 aliphatic heterocycles. The van der Waals surface area contributed by atoms with Crippen molar-refractivity contribution in [2.75, 3.05) is 0 Å². The third kappa shape index (κ3) is 9.62. The molecule has 1 radical (unpaired) electrons. The molecule has 0 saturated heterocycles. The first-order valence-electron chi connectivity index (χ1n) is 23.0. The van der Waals surface area contributed by atoms with Gasteiger partial charge in [0, 0.05) is 54.6 Å². The van der Waals surface area contributed by atoms with E-state index in [2.05, 4.69) is 198 Å². The molecule has 0 spiro atoms. The van der Waals surface area contributed by atoms with Crippen LogP contribution in [0.15, 0.2) is 156 Å². The van der Waals surface area contributed by atoms with E-state index in [9.17, 15) is 0 Å². The largest absolute Gasteiger partial charge is 0.501 e. The summed E-state index contributed by atoms with van der Waals surface area (Å²) in [6.45, 7) is 22.5. The second-order valence-corrected chi connectivity index (χ2v) is 24.9. The summed E-state index contributed by atoms with van der Waals surface area (Å²) in [5.74, 6) is 2.17. The van der Waals surface area contributed by atoms with Gasteiger partial charge in [0.05, 0.1) is 36.2 Å². The van der Waals surface area contributed by atoms with Gasteiger partial charge < -0.3 is 14.0 Å². The molecule has 4 heterocycles. The van der Waals surface area contributed by atoms with Crippen molar-refractivity contribution in [1.82, 2.24) is 24.5 Å². The quantitative estimate of drug-likeness (QED) is 0.112. The van der Waals surface area contributed by atoms with E-state index in [1.807, 2.05) is 48.8 Å². The summed E-state index contributed by atoms with van der Waals surface area (Å²) in [4.78, 5) is 19.3. The van der Waals surface area contributed by atoms with E-state index in [1.54, 1.807) is 0 Å². The molecule has 0 unspecified atom stereocenters. The van der Waals surface area contributed by atoms with Crippen LogP contribution < -0.4 is 5.19 Å². The maximum atomic E-state index is 6.79. The zero-order valence-corrected chi connectivity index (χ0v) is 43.5.